The average Bonchev–Trinajstić information content (AvgIpc) is 2.48. The number of hydrogen-bond donors (Lipinski definition) is 2. The van der Waals surface area contributed by atoms with Gasteiger partial charge in [-0.3, -0.25) is 4.72 Å². The largest absolute Gasteiger partial charge is 0.491 e. The van der Waals surface area contributed by atoms with Crippen LogP contribution in [-0.2, 0) is 10.0 Å². The van der Waals surface area contributed by atoms with Crippen LogP contribution < -0.4 is 9.46 Å². The molecule has 0 bridgehead atoms. The van der Waals surface area contributed by atoms with Gasteiger partial charge in [0.2, 0.25) is 0 Å². The van der Waals surface area contributed by atoms with Gasteiger partial charge in [-0.05, 0) is 31.2 Å². The van der Waals surface area contributed by atoms with E-state index >= 15 is 0 Å². The summed E-state index contributed by atoms with van der Waals surface area (Å²) >= 11 is 6.06. The van der Waals surface area contributed by atoms with Crippen molar-refractivity contribution in [2.75, 3.05) is 17.9 Å². The van der Waals surface area contributed by atoms with Crippen molar-refractivity contribution in [3.63, 3.8) is 0 Å². The molecular formula is C15H16ClNO4S. The number of nitrogens with one attached hydrogen (secondary N) is 1. The van der Waals surface area contributed by atoms with Crippen molar-refractivity contribution in [1.82, 2.24) is 0 Å². The molecule has 0 saturated heterocycles. The lowest BCUT2D eigenvalue weighted by Crippen LogP contribution is -2.13. The lowest BCUT2D eigenvalue weighted by Gasteiger charge is -2.11. The molecule has 0 aliphatic carbocycles. The summed E-state index contributed by atoms with van der Waals surface area (Å²) < 4.78 is 32.2. The van der Waals surface area contributed by atoms with Crippen molar-refractivity contribution in [3.05, 3.63) is 53.1 Å². The summed E-state index contributed by atoms with van der Waals surface area (Å²) in [7, 11) is -3.70. The van der Waals surface area contributed by atoms with E-state index < -0.39 is 10.0 Å². The Morgan fingerprint density at radius 3 is 2.45 bits per heavy atom. The maximum Gasteiger partial charge on any atom is 0.261 e. The first-order chi connectivity index (χ1) is 10.4. The van der Waals surface area contributed by atoms with Crippen molar-refractivity contribution in [1.29, 1.82) is 0 Å². The van der Waals surface area contributed by atoms with E-state index in [0.29, 0.717) is 5.75 Å². The second kappa shape index (κ2) is 7.00. The third kappa shape index (κ3) is 4.13. The lowest BCUT2D eigenvalue weighted by atomic mass is 10.2. The molecule has 118 valence electrons. The second-order valence-corrected chi connectivity index (χ2v) is 6.72. The summed E-state index contributed by atoms with van der Waals surface area (Å²) in [6.45, 7) is 1.91. The number of sulfonamides is 1. The fraction of sp³-hybridized carbons (Fsp3) is 0.200. The van der Waals surface area contributed by atoms with E-state index in [9.17, 15) is 8.42 Å². The van der Waals surface area contributed by atoms with Crippen LogP contribution in [0.3, 0.4) is 0 Å². The van der Waals surface area contributed by atoms with Gasteiger partial charge in [0.05, 0.1) is 22.2 Å². The van der Waals surface area contributed by atoms with Crippen LogP contribution in [0.2, 0.25) is 5.02 Å². The van der Waals surface area contributed by atoms with Crippen molar-refractivity contribution < 1.29 is 18.3 Å². The predicted octanol–water partition coefficient (Wildman–Crippen LogP) is 2.82. The number of aliphatic hydroxyl groups is 1. The zero-order valence-electron chi connectivity index (χ0n) is 11.9. The second-order valence-electron chi connectivity index (χ2n) is 4.63. The molecule has 2 N–H and O–H groups in total. The molecule has 5 nitrogen and oxygen atoms in total. The van der Waals surface area contributed by atoms with Crippen LogP contribution in [0.25, 0.3) is 0 Å². The van der Waals surface area contributed by atoms with Gasteiger partial charge in [-0.1, -0.05) is 29.3 Å². The Morgan fingerprint density at radius 2 is 1.86 bits per heavy atom. The van der Waals surface area contributed by atoms with E-state index in [1.807, 2.05) is 6.92 Å². The summed E-state index contributed by atoms with van der Waals surface area (Å²) in [5.41, 5.74) is 1.24. The molecule has 0 unspecified atom stereocenters. The van der Waals surface area contributed by atoms with Crippen LogP contribution in [-0.4, -0.2) is 26.7 Å². The van der Waals surface area contributed by atoms with Gasteiger partial charge in [0.15, 0.2) is 0 Å². The number of aryl methyl sites for hydroxylation is 1. The van der Waals surface area contributed by atoms with E-state index in [-0.39, 0.29) is 28.8 Å². The number of halogens is 1. The zero-order valence-corrected chi connectivity index (χ0v) is 13.5. The number of aliphatic hydroxyl groups excluding tert-OH is 1. The van der Waals surface area contributed by atoms with Gasteiger partial charge in [-0.2, -0.15) is 0 Å². The first-order valence-corrected chi connectivity index (χ1v) is 8.41. The quantitative estimate of drug-likeness (QED) is 0.847. The molecule has 2 aromatic rings. The zero-order chi connectivity index (χ0) is 16.2. The minimum Gasteiger partial charge on any atom is -0.491 e. The summed E-state index contributed by atoms with van der Waals surface area (Å²) in [5.74, 6) is 0.456. The van der Waals surface area contributed by atoms with Crippen LogP contribution in [0, 0.1) is 6.92 Å². The van der Waals surface area contributed by atoms with Crippen LogP contribution in [0.15, 0.2) is 47.4 Å². The topological polar surface area (TPSA) is 75.6 Å². The highest BCUT2D eigenvalue weighted by Gasteiger charge is 2.15. The highest BCUT2D eigenvalue weighted by molar-refractivity contribution is 7.92. The van der Waals surface area contributed by atoms with E-state index in [4.69, 9.17) is 21.4 Å². The lowest BCUT2D eigenvalue weighted by molar-refractivity contribution is 0.201. The summed E-state index contributed by atoms with van der Waals surface area (Å²) in [6, 6.07) is 11.1. The van der Waals surface area contributed by atoms with E-state index in [2.05, 4.69) is 4.72 Å². The monoisotopic (exact) mass is 341 g/mol. The van der Waals surface area contributed by atoms with Crippen molar-refractivity contribution in [2.45, 2.75) is 11.8 Å². The predicted molar refractivity (Wildman–Crippen MR) is 86.0 cm³/mol. The maximum absolute atomic E-state index is 12.3. The molecule has 2 rings (SSSR count). The molecule has 0 aliphatic heterocycles. The molecule has 0 amide bonds. The smallest absolute Gasteiger partial charge is 0.261 e. The van der Waals surface area contributed by atoms with Gasteiger partial charge in [0.25, 0.3) is 10.0 Å². The summed E-state index contributed by atoms with van der Waals surface area (Å²) in [6.07, 6.45) is 0. The Morgan fingerprint density at radius 1 is 1.18 bits per heavy atom. The Balaban J connectivity index is 2.20. The van der Waals surface area contributed by atoms with E-state index in [1.165, 1.54) is 24.3 Å². The average molecular weight is 342 g/mol. The normalized spacial score (nSPS) is 11.2. The third-order valence-corrected chi connectivity index (χ3v) is 4.57. The third-order valence-electron chi connectivity index (χ3n) is 2.88. The molecule has 0 spiro atoms. The first kappa shape index (κ1) is 16.6. The molecule has 0 aliphatic rings. The highest BCUT2D eigenvalue weighted by Crippen LogP contribution is 2.28. The minimum atomic E-state index is -3.70. The molecule has 2 aromatic carbocycles. The van der Waals surface area contributed by atoms with Crippen molar-refractivity contribution in [3.8, 4) is 5.75 Å². The van der Waals surface area contributed by atoms with Crippen molar-refractivity contribution in [2.24, 2.45) is 0 Å². The fourth-order valence-corrected chi connectivity index (χ4v) is 3.11. The number of ether oxygens (including phenoxy) is 1. The van der Waals surface area contributed by atoms with Crippen LogP contribution in [0.5, 0.6) is 5.75 Å². The van der Waals surface area contributed by atoms with E-state index in [1.54, 1.807) is 18.2 Å². The van der Waals surface area contributed by atoms with Crippen LogP contribution in [0.4, 0.5) is 5.69 Å². The Hall–Kier alpha value is -1.76. The Labute approximate surface area is 134 Å². The highest BCUT2D eigenvalue weighted by atomic mass is 35.5. The molecule has 0 saturated carbocycles. The minimum absolute atomic E-state index is 0.112. The summed E-state index contributed by atoms with van der Waals surface area (Å²) in [4.78, 5) is 0.162. The Kier molecular flexibility index (Phi) is 5.28. The molecule has 7 heteroatoms. The summed E-state index contributed by atoms with van der Waals surface area (Å²) in [5, 5.41) is 8.91. The van der Waals surface area contributed by atoms with Gasteiger partial charge in [0.1, 0.15) is 12.4 Å². The molecular weight excluding hydrogens is 326 g/mol. The molecule has 0 fully saturated rings. The Bertz CT molecular complexity index is 745. The van der Waals surface area contributed by atoms with Gasteiger partial charge in [-0.15, -0.1) is 0 Å². The van der Waals surface area contributed by atoms with Gasteiger partial charge >= 0.3 is 0 Å². The number of anilines is 1. The molecule has 0 heterocycles. The van der Waals surface area contributed by atoms with E-state index in [0.717, 1.165) is 5.56 Å². The molecule has 22 heavy (non-hydrogen) atoms. The SMILES string of the molecule is Cc1ccc(S(=O)(=O)Nc2ccc(OCCO)cc2Cl)cc1. The number of hydrogen-bond acceptors (Lipinski definition) is 4. The molecule has 0 radical (unpaired) electrons. The molecule has 0 atom stereocenters. The van der Waals surface area contributed by atoms with Gasteiger partial charge < -0.3 is 9.84 Å². The number of benzene rings is 2. The fourth-order valence-electron chi connectivity index (χ4n) is 1.75. The van der Waals surface area contributed by atoms with Crippen molar-refractivity contribution >= 4 is 27.3 Å². The maximum atomic E-state index is 12.3. The molecule has 0 aromatic heterocycles. The van der Waals surface area contributed by atoms with Crippen LogP contribution >= 0.6 is 11.6 Å². The number of rotatable bonds is 6. The van der Waals surface area contributed by atoms with Crippen LogP contribution in [0.1, 0.15) is 5.56 Å². The van der Waals surface area contributed by atoms with Gasteiger partial charge in [-0.25, -0.2) is 8.42 Å². The van der Waals surface area contributed by atoms with Gasteiger partial charge in [0, 0.05) is 6.07 Å². The standard InChI is InChI=1S/C15H16ClNO4S/c1-11-2-5-13(6-3-11)22(19,20)17-15-7-4-12(10-14(15)16)21-9-8-18/h2-7,10,17-18H,8-9H2,1H3. The first-order valence-electron chi connectivity index (χ1n) is 6.55.